The van der Waals surface area contributed by atoms with E-state index in [1.807, 2.05) is 18.2 Å². The average Bonchev–Trinajstić information content (AvgIpc) is 2.41. The predicted molar refractivity (Wildman–Crippen MR) is 76.5 cm³/mol. The highest BCUT2D eigenvalue weighted by molar-refractivity contribution is 6.32. The van der Waals surface area contributed by atoms with E-state index in [1.165, 1.54) is 6.07 Å². The van der Waals surface area contributed by atoms with E-state index >= 15 is 0 Å². The highest BCUT2D eigenvalue weighted by atomic mass is 35.5. The third-order valence-electron chi connectivity index (χ3n) is 2.88. The van der Waals surface area contributed by atoms with Crippen molar-refractivity contribution in [1.82, 2.24) is 0 Å². The molecule has 0 spiro atoms. The van der Waals surface area contributed by atoms with Crippen molar-refractivity contribution in [2.24, 2.45) is 0 Å². The maximum Gasteiger partial charge on any atom is 0.139 e. The van der Waals surface area contributed by atoms with Crippen molar-refractivity contribution in [3.8, 4) is 5.75 Å². The number of benzene rings is 2. The Morgan fingerprint density at radius 1 is 1.21 bits per heavy atom. The van der Waals surface area contributed by atoms with Crippen LogP contribution in [0, 0.1) is 12.7 Å². The van der Waals surface area contributed by atoms with Crippen molar-refractivity contribution in [1.29, 1.82) is 0 Å². The monoisotopic (exact) mass is 279 g/mol. The first-order chi connectivity index (χ1) is 9.10. The van der Waals surface area contributed by atoms with E-state index in [1.54, 1.807) is 26.2 Å². The number of anilines is 1. The lowest BCUT2D eigenvalue weighted by atomic mass is 10.1. The number of rotatable bonds is 4. The third-order valence-corrected chi connectivity index (χ3v) is 3.20. The molecule has 19 heavy (non-hydrogen) atoms. The van der Waals surface area contributed by atoms with Crippen LogP contribution in [0.15, 0.2) is 36.4 Å². The minimum atomic E-state index is -0.187. The molecule has 0 saturated heterocycles. The fourth-order valence-electron chi connectivity index (χ4n) is 1.72. The van der Waals surface area contributed by atoms with Crippen molar-refractivity contribution >= 4 is 17.3 Å². The van der Waals surface area contributed by atoms with Crippen molar-refractivity contribution in [2.75, 3.05) is 12.4 Å². The Kier molecular flexibility index (Phi) is 4.27. The van der Waals surface area contributed by atoms with Gasteiger partial charge in [0, 0.05) is 18.3 Å². The molecule has 4 heteroatoms. The summed E-state index contributed by atoms with van der Waals surface area (Å²) >= 11 is 5.95. The number of nitrogens with one attached hydrogen (secondary N) is 1. The minimum Gasteiger partial charge on any atom is -0.495 e. The van der Waals surface area contributed by atoms with Gasteiger partial charge in [-0.25, -0.2) is 4.39 Å². The molecule has 2 aromatic carbocycles. The van der Waals surface area contributed by atoms with Gasteiger partial charge in [-0.1, -0.05) is 23.7 Å². The molecule has 2 rings (SSSR count). The Morgan fingerprint density at radius 2 is 2.00 bits per heavy atom. The van der Waals surface area contributed by atoms with Crippen LogP contribution in [0.25, 0.3) is 0 Å². The third kappa shape index (κ3) is 3.38. The fourth-order valence-corrected chi connectivity index (χ4v) is 1.91. The van der Waals surface area contributed by atoms with Gasteiger partial charge in [0.25, 0.3) is 0 Å². The Bertz CT molecular complexity index is 586. The van der Waals surface area contributed by atoms with Gasteiger partial charge in [-0.05, 0) is 36.2 Å². The molecule has 0 aliphatic heterocycles. The number of aryl methyl sites for hydroxylation is 1. The summed E-state index contributed by atoms with van der Waals surface area (Å²) < 4.78 is 18.6. The summed E-state index contributed by atoms with van der Waals surface area (Å²) in [4.78, 5) is 0. The van der Waals surface area contributed by atoms with Crippen molar-refractivity contribution in [3.05, 3.63) is 58.4 Å². The van der Waals surface area contributed by atoms with Gasteiger partial charge in [-0.15, -0.1) is 0 Å². The molecule has 0 unspecified atom stereocenters. The zero-order valence-electron chi connectivity index (χ0n) is 10.8. The largest absolute Gasteiger partial charge is 0.495 e. The van der Waals surface area contributed by atoms with Gasteiger partial charge < -0.3 is 10.1 Å². The van der Waals surface area contributed by atoms with Crippen LogP contribution in [-0.4, -0.2) is 7.11 Å². The van der Waals surface area contributed by atoms with Crippen LogP contribution < -0.4 is 10.1 Å². The maximum absolute atomic E-state index is 13.4. The zero-order chi connectivity index (χ0) is 13.8. The number of hydrogen-bond acceptors (Lipinski definition) is 2. The van der Waals surface area contributed by atoms with E-state index < -0.39 is 0 Å². The normalized spacial score (nSPS) is 10.3. The molecular formula is C15H15ClFNO. The first-order valence-electron chi connectivity index (χ1n) is 5.92. The topological polar surface area (TPSA) is 21.3 Å². The second kappa shape index (κ2) is 5.93. The molecule has 0 radical (unpaired) electrons. The van der Waals surface area contributed by atoms with Crippen LogP contribution in [0.1, 0.15) is 11.1 Å². The summed E-state index contributed by atoms with van der Waals surface area (Å²) in [7, 11) is 1.57. The SMILES string of the molecule is COc1cc(NCc2ccc(C)c(F)c2)ccc1Cl. The maximum atomic E-state index is 13.4. The van der Waals surface area contributed by atoms with Crippen LogP contribution in [-0.2, 0) is 6.54 Å². The second-order valence-electron chi connectivity index (χ2n) is 4.29. The summed E-state index contributed by atoms with van der Waals surface area (Å²) in [6, 6.07) is 10.6. The average molecular weight is 280 g/mol. The van der Waals surface area contributed by atoms with Crippen LogP contribution in [0.2, 0.25) is 5.02 Å². The van der Waals surface area contributed by atoms with Crippen molar-refractivity contribution in [2.45, 2.75) is 13.5 Å². The first-order valence-corrected chi connectivity index (χ1v) is 6.30. The Balaban J connectivity index is 2.07. The molecule has 0 fully saturated rings. The van der Waals surface area contributed by atoms with E-state index in [0.29, 0.717) is 22.9 Å². The molecule has 2 aromatic rings. The number of halogens is 2. The zero-order valence-corrected chi connectivity index (χ0v) is 11.6. The molecule has 0 aliphatic carbocycles. The molecule has 0 amide bonds. The Hall–Kier alpha value is -1.74. The van der Waals surface area contributed by atoms with Crippen molar-refractivity contribution < 1.29 is 9.13 Å². The molecular weight excluding hydrogens is 265 g/mol. The molecule has 0 aliphatic rings. The molecule has 0 aromatic heterocycles. The molecule has 100 valence electrons. The molecule has 0 heterocycles. The first kappa shape index (κ1) is 13.7. The Morgan fingerprint density at radius 3 is 2.68 bits per heavy atom. The second-order valence-corrected chi connectivity index (χ2v) is 4.69. The summed E-state index contributed by atoms with van der Waals surface area (Å²) in [5.41, 5.74) is 2.41. The summed E-state index contributed by atoms with van der Waals surface area (Å²) in [5, 5.41) is 3.77. The van der Waals surface area contributed by atoms with E-state index in [0.717, 1.165) is 11.3 Å². The van der Waals surface area contributed by atoms with Crippen LogP contribution in [0.3, 0.4) is 0 Å². The number of hydrogen-bond donors (Lipinski definition) is 1. The Labute approximate surface area is 117 Å². The molecule has 0 bridgehead atoms. The highest BCUT2D eigenvalue weighted by Crippen LogP contribution is 2.27. The summed E-state index contributed by atoms with van der Waals surface area (Å²) in [6.45, 7) is 2.29. The van der Waals surface area contributed by atoms with E-state index in [4.69, 9.17) is 16.3 Å². The standard InChI is InChI=1S/C15H15ClFNO/c1-10-3-4-11(7-14(10)17)9-18-12-5-6-13(16)15(8-12)19-2/h3-8,18H,9H2,1-2H3. The van der Waals surface area contributed by atoms with Gasteiger partial charge >= 0.3 is 0 Å². The highest BCUT2D eigenvalue weighted by Gasteiger charge is 2.03. The van der Waals surface area contributed by atoms with Gasteiger partial charge in [-0.3, -0.25) is 0 Å². The lowest BCUT2D eigenvalue weighted by Crippen LogP contribution is -2.00. The lowest BCUT2D eigenvalue weighted by Gasteiger charge is -2.10. The summed E-state index contributed by atoms with van der Waals surface area (Å²) in [5.74, 6) is 0.426. The quantitative estimate of drug-likeness (QED) is 0.895. The molecule has 1 N–H and O–H groups in total. The van der Waals surface area contributed by atoms with Gasteiger partial charge in [-0.2, -0.15) is 0 Å². The van der Waals surface area contributed by atoms with E-state index in [2.05, 4.69) is 5.32 Å². The minimum absolute atomic E-state index is 0.187. The van der Waals surface area contributed by atoms with Gasteiger partial charge in [0.15, 0.2) is 0 Å². The molecule has 0 atom stereocenters. The van der Waals surface area contributed by atoms with E-state index in [9.17, 15) is 4.39 Å². The lowest BCUT2D eigenvalue weighted by molar-refractivity contribution is 0.415. The predicted octanol–water partition coefficient (Wildman–Crippen LogP) is 4.41. The van der Waals surface area contributed by atoms with Crippen LogP contribution >= 0.6 is 11.6 Å². The van der Waals surface area contributed by atoms with E-state index in [-0.39, 0.29) is 5.82 Å². The smallest absolute Gasteiger partial charge is 0.139 e. The van der Waals surface area contributed by atoms with Crippen LogP contribution in [0.5, 0.6) is 5.75 Å². The van der Waals surface area contributed by atoms with Gasteiger partial charge in [0.1, 0.15) is 11.6 Å². The fraction of sp³-hybridized carbons (Fsp3) is 0.200. The number of ether oxygens (including phenoxy) is 1. The van der Waals surface area contributed by atoms with Gasteiger partial charge in [0.05, 0.1) is 12.1 Å². The van der Waals surface area contributed by atoms with Crippen molar-refractivity contribution in [3.63, 3.8) is 0 Å². The summed E-state index contributed by atoms with van der Waals surface area (Å²) in [6.07, 6.45) is 0. The molecule has 0 saturated carbocycles. The molecule has 2 nitrogen and oxygen atoms in total. The van der Waals surface area contributed by atoms with Gasteiger partial charge in [0.2, 0.25) is 0 Å². The van der Waals surface area contributed by atoms with Crippen LogP contribution in [0.4, 0.5) is 10.1 Å². The number of methoxy groups -OCH3 is 1.